The van der Waals surface area contributed by atoms with Crippen molar-refractivity contribution in [1.29, 1.82) is 0 Å². The quantitative estimate of drug-likeness (QED) is 0.907. The Hall–Kier alpha value is -1.75. The zero-order chi connectivity index (χ0) is 14.5. The van der Waals surface area contributed by atoms with Crippen molar-refractivity contribution < 1.29 is 14.3 Å². The maximum Gasteiger partial charge on any atom is 0.257 e. The van der Waals surface area contributed by atoms with Crippen molar-refractivity contribution in [3.63, 3.8) is 0 Å². The predicted octanol–water partition coefficient (Wildman–Crippen LogP) is 1.53. The molecule has 1 aromatic rings. The SMILES string of the molecule is CNC1CCN(C(=O)c2cccc(OC)c2OC)CC1. The van der Waals surface area contributed by atoms with E-state index in [0.717, 1.165) is 25.9 Å². The molecule has 5 nitrogen and oxygen atoms in total. The molecule has 0 aromatic heterocycles. The lowest BCUT2D eigenvalue weighted by Gasteiger charge is -2.32. The minimum absolute atomic E-state index is 0.00954. The van der Waals surface area contributed by atoms with Crippen LogP contribution in [0.5, 0.6) is 11.5 Å². The Labute approximate surface area is 119 Å². The summed E-state index contributed by atoms with van der Waals surface area (Å²) in [6.45, 7) is 1.54. The lowest BCUT2D eigenvalue weighted by Crippen LogP contribution is -2.44. The zero-order valence-electron chi connectivity index (χ0n) is 12.3. The number of methoxy groups -OCH3 is 2. The summed E-state index contributed by atoms with van der Waals surface area (Å²) in [6, 6.07) is 5.90. The van der Waals surface area contributed by atoms with Gasteiger partial charge in [-0.1, -0.05) is 6.07 Å². The van der Waals surface area contributed by atoms with Crippen LogP contribution in [0, 0.1) is 0 Å². The van der Waals surface area contributed by atoms with Gasteiger partial charge in [-0.05, 0) is 32.0 Å². The Morgan fingerprint density at radius 2 is 1.95 bits per heavy atom. The number of ether oxygens (including phenoxy) is 2. The molecule has 0 radical (unpaired) electrons. The highest BCUT2D eigenvalue weighted by Gasteiger charge is 2.25. The first-order valence-electron chi connectivity index (χ1n) is 6.88. The minimum Gasteiger partial charge on any atom is -0.493 e. The highest BCUT2D eigenvalue weighted by atomic mass is 16.5. The molecule has 1 saturated heterocycles. The highest BCUT2D eigenvalue weighted by Crippen LogP contribution is 2.31. The van der Waals surface area contributed by atoms with Crippen molar-refractivity contribution in [2.45, 2.75) is 18.9 Å². The Morgan fingerprint density at radius 1 is 1.25 bits per heavy atom. The van der Waals surface area contributed by atoms with Crippen LogP contribution < -0.4 is 14.8 Å². The summed E-state index contributed by atoms with van der Waals surface area (Å²) in [7, 11) is 5.10. The molecule has 110 valence electrons. The zero-order valence-corrected chi connectivity index (χ0v) is 12.3. The molecule has 1 aliphatic rings. The van der Waals surface area contributed by atoms with Gasteiger partial charge in [-0.3, -0.25) is 4.79 Å². The van der Waals surface area contributed by atoms with E-state index in [4.69, 9.17) is 9.47 Å². The van der Waals surface area contributed by atoms with Crippen LogP contribution in [-0.2, 0) is 0 Å². The summed E-state index contributed by atoms with van der Waals surface area (Å²) < 4.78 is 10.6. The van der Waals surface area contributed by atoms with Gasteiger partial charge in [0.25, 0.3) is 5.91 Å². The number of likely N-dealkylation sites (tertiary alicyclic amines) is 1. The van der Waals surface area contributed by atoms with Crippen molar-refractivity contribution in [1.82, 2.24) is 10.2 Å². The Balaban J connectivity index is 2.17. The fourth-order valence-electron chi connectivity index (χ4n) is 2.60. The van der Waals surface area contributed by atoms with E-state index in [9.17, 15) is 4.79 Å². The lowest BCUT2D eigenvalue weighted by atomic mass is 10.0. The van der Waals surface area contributed by atoms with Crippen LogP contribution in [0.2, 0.25) is 0 Å². The number of hydrogen-bond donors (Lipinski definition) is 1. The third kappa shape index (κ3) is 2.88. The summed E-state index contributed by atoms with van der Waals surface area (Å²) >= 11 is 0. The second-order valence-corrected chi connectivity index (χ2v) is 4.90. The molecule has 1 fully saturated rings. The van der Waals surface area contributed by atoms with E-state index in [1.54, 1.807) is 26.4 Å². The van der Waals surface area contributed by atoms with Crippen LogP contribution in [0.25, 0.3) is 0 Å². The van der Waals surface area contributed by atoms with Crippen LogP contribution in [-0.4, -0.2) is 51.2 Å². The number of hydrogen-bond acceptors (Lipinski definition) is 4. The van der Waals surface area contributed by atoms with Crippen LogP contribution in [0.4, 0.5) is 0 Å². The fourth-order valence-corrected chi connectivity index (χ4v) is 2.60. The number of amides is 1. The molecule has 0 bridgehead atoms. The summed E-state index contributed by atoms with van der Waals surface area (Å²) in [5, 5.41) is 3.26. The molecule has 5 heteroatoms. The first-order valence-corrected chi connectivity index (χ1v) is 6.88. The van der Waals surface area contributed by atoms with Crippen LogP contribution >= 0.6 is 0 Å². The third-order valence-corrected chi connectivity index (χ3v) is 3.82. The second kappa shape index (κ2) is 6.61. The number of para-hydroxylation sites is 1. The third-order valence-electron chi connectivity index (χ3n) is 3.82. The first-order chi connectivity index (χ1) is 9.71. The summed E-state index contributed by atoms with van der Waals surface area (Å²) in [6.07, 6.45) is 1.96. The number of carbonyl (C=O) groups excluding carboxylic acids is 1. The van der Waals surface area contributed by atoms with Gasteiger partial charge in [-0.25, -0.2) is 0 Å². The van der Waals surface area contributed by atoms with Crippen molar-refractivity contribution in [2.24, 2.45) is 0 Å². The van der Waals surface area contributed by atoms with E-state index in [-0.39, 0.29) is 5.91 Å². The molecule has 0 aliphatic carbocycles. The predicted molar refractivity (Wildman–Crippen MR) is 77.5 cm³/mol. The molecule has 0 saturated carbocycles. The minimum atomic E-state index is 0.00954. The topological polar surface area (TPSA) is 50.8 Å². The number of rotatable bonds is 4. The summed E-state index contributed by atoms with van der Waals surface area (Å²) in [5.74, 6) is 1.11. The summed E-state index contributed by atoms with van der Waals surface area (Å²) in [4.78, 5) is 14.5. The smallest absolute Gasteiger partial charge is 0.257 e. The normalized spacial score (nSPS) is 16.1. The van der Waals surface area contributed by atoms with E-state index in [1.807, 2.05) is 18.0 Å². The van der Waals surface area contributed by atoms with Gasteiger partial charge in [0.1, 0.15) is 0 Å². The van der Waals surface area contributed by atoms with Gasteiger partial charge in [0.2, 0.25) is 0 Å². The Bertz CT molecular complexity index is 468. The van der Waals surface area contributed by atoms with Gasteiger partial charge in [0.05, 0.1) is 19.8 Å². The van der Waals surface area contributed by atoms with Crippen LogP contribution in [0.1, 0.15) is 23.2 Å². The lowest BCUT2D eigenvalue weighted by molar-refractivity contribution is 0.0703. The highest BCUT2D eigenvalue weighted by molar-refractivity contribution is 5.97. The number of carbonyl (C=O) groups is 1. The van der Waals surface area contributed by atoms with Crippen molar-refractivity contribution in [3.8, 4) is 11.5 Å². The van der Waals surface area contributed by atoms with E-state index in [0.29, 0.717) is 23.1 Å². The average molecular weight is 278 g/mol. The van der Waals surface area contributed by atoms with Gasteiger partial charge < -0.3 is 19.7 Å². The second-order valence-electron chi connectivity index (χ2n) is 4.90. The molecule has 0 atom stereocenters. The molecule has 1 heterocycles. The molecule has 0 spiro atoms. The molecule has 20 heavy (non-hydrogen) atoms. The van der Waals surface area contributed by atoms with Gasteiger partial charge in [-0.15, -0.1) is 0 Å². The van der Waals surface area contributed by atoms with Gasteiger partial charge in [0, 0.05) is 19.1 Å². The largest absolute Gasteiger partial charge is 0.493 e. The molecular weight excluding hydrogens is 256 g/mol. The van der Waals surface area contributed by atoms with Gasteiger partial charge >= 0.3 is 0 Å². The maximum absolute atomic E-state index is 12.6. The van der Waals surface area contributed by atoms with Crippen LogP contribution in [0.15, 0.2) is 18.2 Å². The number of piperidine rings is 1. The molecule has 1 N–H and O–H groups in total. The monoisotopic (exact) mass is 278 g/mol. The van der Waals surface area contributed by atoms with E-state index in [2.05, 4.69) is 5.32 Å². The number of nitrogens with one attached hydrogen (secondary N) is 1. The summed E-state index contributed by atoms with van der Waals surface area (Å²) in [5.41, 5.74) is 0.565. The Morgan fingerprint density at radius 3 is 2.50 bits per heavy atom. The maximum atomic E-state index is 12.6. The van der Waals surface area contributed by atoms with E-state index in [1.165, 1.54) is 0 Å². The van der Waals surface area contributed by atoms with E-state index >= 15 is 0 Å². The Kier molecular flexibility index (Phi) is 4.84. The average Bonchev–Trinajstić information content (AvgIpc) is 2.53. The molecular formula is C15H22N2O3. The molecule has 1 amide bonds. The molecule has 1 aliphatic heterocycles. The first kappa shape index (κ1) is 14.7. The van der Waals surface area contributed by atoms with Crippen LogP contribution in [0.3, 0.4) is 0 Å². The number of benzene rings is 1. The van der Waals surface area contributed by atoms with Crippen molar-refractivity contribution in [3.05, 3.63) is 23.8 Å². The number of nitrogens with zero attached hydrogens (tertiary/aromatic N) is 1. The standard InChI is InChI=1S/C15H22N2O3/c1-16-11-7-9-17(10-8-11)15(18)12-5-4-6-13(19-2)14(12)20-3/h4-6,11,16H,7-10H2,1-3H3. The fraction of sp³-hybridized carbons (Fsp3) is 0.533. The van der Waals surface area contributed by atoms with Gasteiger partial charge in [-0.2, -0.15) is 0 Å². The molecule has 1 aromatic carbocycles. The molecule has 2 rings (SSSR count). The van der Waals surface area contributed by atoms with Gasteiger partial charge in [0.15, 0.2) is 11.5 Å². The van der Waals surface area contributed by atoms with Crippen molar-refractivity contribution in [2.75, 3.05) is 34.4 Å². The molecule has 0 unspecified atom stereocenters. The van der Waals surface area contributed by atoms with E-state index < -0.39 is 0 Å². The van der Waals surface area contributed by atoms with Crippen molar-refractivity contribution >= 4 is 5.91 Å².